The Kier molecular flexibility index (Phi) is 6.47. The number of rotatable bonds is 6. The summed E-state index contributed by atoms with van der Waals surface area (Å²) >= 11 is 6.16. The van der Waals surface area contributed by atoms with Gasteiger partial charge in [-0.15, -0.1) is 0 Å². The third-order valence-corrected chi connectivity index (χ3v) is 3.68. The summed E-state index contributed by atoms with van der Waals surface area (Å²) in [5.41, 5.74) is 1.95. The second-order valence-electron chi connectivity index (χ2n) is 5.51. The summed E-state index contributed by atoms with van der Waals surface area (Å²) in [5.74, 6) is 1.86. The molecular weight excluding hydrogens is 312 g/mol. The van der Waals surface area contributed by atoms with Gasteiger partial charge in [-0.05, 0) is 24.5 Å². The maximum absolute atomic E-state index is 6.16. The SMILES string of the molecule is CCNC(=NCc1ccccc1Cl)NCc1cc(C(C)C)no1. The van der Waals surface area contributed by atoms with Crippen LogP contribution in [0.2, 0.25) is 5.02 Å². The quantitative estimate of drug-likeness (QED) is 0.624. The number of aromatic nitrogens is 1. The van der Waals surface area contributed by atoms with Crippen LogP contribution in [0.25, 0.3) is 0 Å². The van der Waals surface area contributed by atoms with Crippen molar-refractivity contribution in [2.75, 3.05) is 6.54 Å². The van der Waals surface area contributed by atoms with Crippen LogP contribution in [0, 0.1) is 0 Å². The van der Waals surface area contributed by atoms with Crippen molar-refractivity contribution in [1.82, 2.24) is 15.8 Å². The fraction of sp³-hybridized carbons (Fsp3) is 0.412. The highest BCUT2D eigenvalue weighted by Gasteiger charge is 2.08. The molecule has 5 nitrogen and oxygen atoms in total. The average Bonchev–Trinajstić information content (AvgIpc) is 3.00. The molecule has 0 radical (unpaired) electrons. The van der Waals surface area contributed by atoms with Gasteiger partial charge < -0.3 is 15.2 Å². The van der Waals surface area contributed by atoms with E-state index in [4.69, 9.17) is 16.1 Å². The molecule has 124 valence electrons. The first kappa shape index (κ1) is 17.3. The molecule has 0 fully saturated rings. The van der Waals surface area contributed by atoms with E-state index in [9.17, 15) is 0 Å². The summed E-state index contributed by atoms with van der Waals surface area (Å²) in [6, 6.07) is 9.68. The number of nitrogens with one attached hydrogen (secondary N) is 2. The van der Waals surface area contributed by atoms with Crippen LogP contribution in [0.3, 0.4) is 0 Å². The van der Waals surface area contributed by atoms with E-state index in [0.29, 0.717) is 19.0 Å². The summed E-state index contributed by atoms with van der Waals surface area (Å²) in [5, 5.41) is 11.2. The van der Waals surface area contributed by atoms with Gasteiger partial charge in [-0.25, -0.2) is 4.99 Å². The lowest BCUT2D eigenvalue weighted by atomic mass is 10.1. The Morgan fingerprint density at radius 1 is 1.30 bits per heavy atom. The van der Waals surface area contributed by atoms with Gasteiger partial charge in [0.05, 0.1) is 18.8 Å². The van der Waals surface area contributed by atoms with Gasteiger partial charge in [0.15, 0.2) is 11.7 Å². The molecule has 2 rings (SSSR count). The molecule has 2 N–H and O–H groups in total. The Morgan fingerprint density at radius 3 is 2.74 bits per heavy atom. The van der Waals surface area contributed by atoms with Gasteiger partial charge in [-0.3, -0.25) is 0 Å². The number of hydrogen-bond acceptors (Lipinski definition) is 3. The van der Waals surface area contributed by atoms with Crippen molar-refractivity contribution in [3.05, 3.63) is 52.4 Å². The van der Waals surface area contributed by atoms with Gasteiger partial charge in [0, 0.05) is 17.6 Å². The second kappa shape index (κ2) is 8.58. The zero-order valence-corrected chi connectivity index (χ0v) is 14.5. The molecule has 0 aliphatic rings. The van der Waals surface area contributed by atoms with Crippen molar-refractivity contribution in [2.24, 2.45) is 4.99 Å². The minimum atomic E-state index is 0.356. The first-order valence-corrected chi connectivity index (χ1v) is 8.19. The number of guanidine groups is 1. The molecule has 0 saturated heterocycles. The van der Waals surface area contributed by atoms with E-state index in [-0.39, 0.29) is 0 Å². The average molecular weight is 335 g/mol. The highest BCUT2D eigenvalue weighted by Crippen LogP contribution is 2.16. The molecule has 0 atom stereocenters. The normalized spacial score (nSPS) is 11.8. The maximum Gasteiger partial charge on any atom is 0.191 e. The standard InChI is InChI=1S/C17H23ClN4O/c1-4-19-17(20-10-13-7-5-6-8-15(13)18)21-11-14-9-16(12(2)3)22-23-14/h5-9,12H,4,10-11H2,1-3H3,(H2,19,20,21). The first-order chi connectivity index (χ1) is 11.1. The highest BCUT2D eigenvalue weighted by atomic mass is 35.5. The van der Waals surface area contributed by atoms with Crippen LogP contribution in [-0.4, -0.2) is 17.7 Å². The summed E-state index contributed by atoms with van der Waals surface area (Å²) in [4.78, 5) is 4.55. The number of hydrogen-bond donors (Lipinski definition) is 2. The third kappa shape index (κ3) is 5.28. The van der Waals surface area contributed by atoms with E-state index < -0.39 is 0 Å². The molecule has 0 aliphatic heterocycles. The summed E-state index contributed by atoms with van der Waals surface area (Å²) in [7, 11) is 0. The van der Waals surface area contributed by atoms with Crippen LogP contribution in [0.1, 0.15) is 43.7 Å². The van der Waals surface area contributed by atoms with E-state index in [2.05, 4.69) is 34.6 Å². The first-order valence-electron chi connectivity index (χ1n) is 7.81. The summed E-state index contributed by atoms with van der Waals surface area (Å²) < 4.78 is 5.32. The van der Waals surface area contributed by atoms with Crippen LogP contribution in [0.15, 0.2) is 39.8 Å². The number of benzene rings is 1. The third-order valence-electron chi connectivity index (χ3n) is 3.31. The molecule has 0 aliphatic carbocycles. The molecule has 0 amide bonds. The zero-order valence-electron chi connectivity index (χ0n) is 13.8. The van der Waals surface area contributed by atoms with Crippen molar-refractivity contribution in [2.45, 2.75) is 39.8 Å². The van der Waals surface area contributed by atoms with E-state index in [1.165, 1.54) is 0 Å². The lowest BCUT2D eigenvalue weighted by Gasteiger charge is -2.10. The molecule has 0 bridgehead atoms. The lowest BCUT2D eigenvalue weighted by Crippen LogP contribution is -2.36. The Bertz CT molecular complexity index is 652. The molecule has 0 unspecified atom stereocenters. The fourth-order valence-corrected chi connectivity index (χ4v) is 2.18. The predicted molar refractivity (Wildman–Crippen MR) is 93.7 cm³/mol. The van der Waals surface area contributed by atoms with Crippen molar-refractivity contribution >= 4 is 17.6 Å². The van der Waals surface area contributed by atoms with Gasteiger partial charge in [-0.1, -0.05) is 48.8 Å². The van der Waals surface area contributed by atoms with E-state index in [0.717, 1.165) is 34.5 Å². The molecular formula is C17H23ClN4O. The Balaban J connectivity index is 1.97. The van der Waals surface area contributed by atoms with Gasteiger partial charge >= 0.3 is 0 Å². The monoisotopic (exact) mass is 334 g/mol. The minimum absolute atomic E-state index is 0.356. The molecule has 1 aromatic heterocycles. The van der Waals surface area contributed by atoms with Crippen molar-refractivity contribution in [3.63, 3.8) is 0 Å². The molecule has 1 heterocycles. The van der Waals surface area contributed by atoms with Gasteiger partial charge in [-0.2, -0.15) is 0 Å². The van der Waals surface area contributed by atoms with Gasteiger partial charge in [0.1, 0.15) is 0 Å². The van der Waals surface area contributed by atoms with E-state index in [1.54, 1.807) is 0 Å². The molecule has 0 spiro atoms. The number of halogens is 1. The maximum atomic E-state index is 6.16. The van der Waals surface area contributed by atoms with Gasteiger partial charge in [0.2, 0.25) is 0 Å². The van der Waals surface area contributed by atoms with Gasteiger partial charge in [0.25, 0.3) is 0 Å². The van der Waals surface area contributed by atoms with Crippen molar-refractivity contribution in [3.8, 4) is 0 Å². The molecule has 2 aromatic rings. The summed E-state index contributed by atoms with van der Waals surface area (Å²) in [6.07, 6.45) is 0. The van der Waals surface area contributed by atoms with Crippen LogP contribution in [0.5, 0.6) is 0 Å². The lowest BCUT2D eigenvalue weighted by molar-refractivity contribution is 0.372. The minimum Gasteiger partial charge on any atom is -0.359 e. The molecule has 0 saturated carbocycles. The van der Waals surface area contributed by atoms with Crippen molar-refractivity contribution < 1.29 is 4.52 Å². The highest BCUT2D eigenvalue weighted by molar-refractivity contribution is 6.31. The van der Waals surface area contributed by atoms with E-state index >= 15 is 0 Å². The largest absolute Gasteiger partial charge is 0.359 e. The van der Waals surface area contributed by atoms with Crippen molar-refractivity contribution in [1.29, 1.82) is 0 Å². The van der Waals surface area contributed by atoms with Crippen LogP contribution in [-0.2, 0) is 13.1 Å². The zero-order chi connectivity index (χ0) is 16.7. The Morgan fingerprint density at radius 2 is 2.09 bits per heavy atom. The van der Waals surface area contributed by atoms with Crippen LogP contribution >= 0.6 is 11.6 Å². The Hall–Kier alpha value is -2.01. The number of nitrogens with zero attached hydrogens (tertiary/aromatic N) is 2. The fourth-order valence-electron chi connectivity index (χ4n) is 1.99. The molecule has 6 heteroatoms. The van der Waals surface area contributed by atoms with Crippen LogP contribution < -0.4 is 10.6 Å². The predicted octanol–water partition coefficient (Wildman–Crippen LogP) is 3.71. The second-order valence-corrected chi connectivity index (χ2v) is 5.92. The Labute approximate surface area is 142 Å². The number of aliphatic imine (C=N–C) groups is 1. The smallest absolute Gasteiger partial charge is 0.191 e. The molecule has 1 aromatic carbocycles. The molecule has 23 heavy (non-hydrogen) atoms. The topological polar surface area (TPSA) is 62.5 Å². The van der Waals surface area contributed by atoms with Crippen LogP contribution in [0.4, 0.5) is 0 Å². The van der Waals surface area contributed by atoms with E-state index in [1.807, 2.05) is 37.3 Å². The summed E-state index contributed by atoms with van der Waals surface area (Å²) in [6.45, 7) is 8.03.